The summed E-state index contributed by atoms with van der Waals surface area (Å²) in [7, 11) is 0. The number of hydrogen-bond donors (Lipinski definition) is 1. The van der Waals surface area contributed by atoms with Crippen LogP contribution in [0.1, 0.15) is 48.2 Å². The van der Waals surface area contributed by atoms with E-state index in [2.05, 4.69) is 15.2 Å². The van der Waals surface area contributed by atoms with Crippen molar-refractivity contribution in [3.8, 4) is 11.5 Å². The molecule has 1 fully saturated rings. The first-order valence-electron chi connectivity index (χ1n) is 13.0. The van der Waals surface area contributed by atoms with Crippen LogP contribution in [0.5, 0.6) is 11.5 Å². The number of aryl methyl sites for hydroxylation is 1. The van der Waals surface area contributed by atoms with Crippen LogP contribution in [0.3, 0.4) is 0 Å². The molecule has 0 atom stereocenters. The highest BCUT2D eigenvalue weighted by atomic mass is 35.5. The van der Waals surface area contributed by atoms with E-state index in [0.29, 0.717) is 42.6 Å². The topological polar surface area (TPSA) is 63.7 Å². The number of pyridine rings is 1. The largest absolute Gasteiger partial charge is 0.489 e. The van der Waals surface area contributed by atoms with Crippen molar-refractivity contribution in [2.75, 3.05) is 31.1 Å². The van der Waals surface area contributed by atoms with Gasteiger partial charge in [-0.3, -0.25) is 9.78 Å². The first kappa shape index (κ1) is 26.8. The van der Waals surface area contributed by atoms with Crippen LogP contribution in [-0.4, -0.2) is 43.2 Å². The molecule has 0 bridgehead atoms. The number of carbonyl (C=O) groups is 1. The summed E-state index contributed by atoms with van der Waals surface area (Å²) < 4.78 is 12.0. The minimum Gasteiger partial charge on any atom is -0.489 e. The van der Waals surface area contributed by atoms with Crippen molar-refractivity contribution >= 4 is 23.2 Å². The lowest BCUT2D eigenvalue weighted by molar-refractivity contribution is 0.0944. The van der Waals surface area contributed by atoms with E-state index in [9.17, 15) is 4.79 Å². The Morgan fingerprint density at radius 1 is 1.08 bits per heavy atom. The normalized spacial score (nSPS) is 14.0. The predicted octanol–water partition coefficient (Wildman–Crippen LogP) is 6.10. The van der Waals surface area contributed by atoms with Crippen LogP contribution in [0.15, 0.2) is 60.9 Å². The number of nitrogens with zero attached hydrogens (tertiary/aromatic N) is 2. The maximum absolute atomic E-state index is 13.0. The van der Waals surface area contributed by atoms with Crippen LogP contribution >= 0.6 is 11.6 Å². The van der Waals surface area contributed by atoms with Gasteiger partial charge in [-0.2, -0.15) is 0 Å². The van der Waals surface area contributed by atoms with Gasteiger partial charge in [-0.15, -0.1) is 0 Å². The van der Waals surface area contributed by atoms with Crippen LogP contribution < -0.4 is 19.7 Å². The van der Waals surface area contributed by atoms with Gasteiger partial charge >= 0.3 is 0 Å². The summed E-state index contributed by atoms with van der Waals surface area (Å²) >= 11 is 6.38. The minimum absolute atomic E-state index is 0.00779. The molecule has 4 rings (SSSR count). The molecule has 37 heavy (non-hydrogen) atoms. The Hall–Kier alpha value is -3.25. The molecule has 196 valence electrons. The van der Waals surface area contributed by atoms with Crippen molar-refractivity contribution < 1.29 is 14.3 Å². The Bertz CT molecular complexity index is 1180. The molecule has 0 aliphatic carbocycles. The number of aromatic nitrogens is 1. The van der Waals surface area contributed by atoms with Crippen molar-refractivity contribution in [3.63, 3.8) is 0 Å². The fourth-order valence-corrected chi connectivity index (χ4v) is 4.86. The Kier molecular flexibility index (Phi) is 9.29. The van der Waals surface area contributed by atoms with E-state index in [1.54, 1.807) is 12.1 Å². The van der Waals surface area contributed by atoms with Crippen LogP contribution in [0, 0.1) is 12.8 Å². The number of nitrogens with one attached hydrogen (secondary N) is 1. The van der Waals surface area contributed by atoms with Crippen molar-refractivity contribution in [2.24, 2.45) is 5.92 Å². The van der Waals surface area contributed by atoms with Gasteiger partial charge in [-0.05, 0) is 87.1 Å². The van der Waals surface area contributed by atoms with E-state index in [4.69, 9.17) is 21.1 Å². The minimum atomic E-state index is -0.0981. The smallest absolute Gasteiger partial charge is 0.251 e. The lowest BCUT2D eigenvalue weighted by atomic mass is 9.96. The Morgan fingerprint density at radius 3 is 2.54 bits per heavy atom. The van der Waals surface area contributed by atoms with Crippen LogP contribution in [0.4, 0.5) is 5.69 Å². The zero-order chi connectivity index (χ0) is 26.2. The van der Waals surface area contributed by atoms with Crippen molar-refractivity contribution in [1.29, 1.82) is 0 Å². The maximum Gasteiger partial charge on any atom is 0.251 e. The maximum atomic E-state index is 13.0. The van der Waals surface area contributed by atoms with E-state index in [-0.39, 0.29) is 12.0 Å². The van der Waals surface area contributed by atoms with Crippen molar-refractivity contribution in [1.82, 2.24) is 10.3 Å². The fourth-order valence-electron chi connectivity index (χ4n) is 4.53. The van der Waals surface area contributed by atoms with Gasteiger partial charge < -0.3 is 19.7 Å². The zero-order valence-electron chi connectivity index (χ0n) is 21.9. The number of hydrogen-bond acceptors (Lipinski definition) is 5. The molecule has 1 amide bonds. The molecule has 0 radical (unpaired) electrons. The third kappa shape index (κ3) is 7.62. The highest BCUT2D eigenvalue weighted by Crippen LogP contribution is 2.30. The summed E-state index contributed by atoms with van der Waals surface area (Å²) in [4.78, 5) is 19.5. The van der Waals surface area contributed by atoms with E-state index < -0.39 is 0 Å². The van der Waals surface area contributed by atoms with Gasteiger partial charge in [0.15, 0.2) is 11.5 Å². The summed E-state index contributed by atoms with van der Waals surface area (Å²) in [5, 5.41) is 3.86. The molecule has 1 aliphatic heterocycles. The highest BCUT2D eigenvalue weighted by Gasteiger charge is 2.21. The molecule has 3 aromatic rings. The number of benzene rings is 2. The van der Waals surface area contributed by atoms with Gasteiger partial charge in [0.2, 0.25) is 0 Å². The summed E-state index contributed by atoms with van der Waals surface area (Å²) in [5.74, 6) is 1.56. The van der Waals surface area contributed by atoms with Gasteiger partial charge in [0.1, 0.15) is 0 Å². The Balaban J connectivity index is 1.33. The van der Waals surface area contributed by atoms with E-state index in [0.717, 1.165) is 42.1 Å². The van der Waals surface area contributed by atoms with Gasteiger partial charge in [-0.1, -0.05) is 23.7 Å². The third-order valence-electron chi connectivity index (χ3n) is 6.60. The first-order chi connectivity index (χ1) is 17.9. The second-order valence-corrected chi connectivity index (χ2v) is 10.3. The lowest BCUT2D eigenvalue weighted by Crippen LogP contribution is -2.38. The van der Waals surface area contributed by atoms with Gasteiger partial charge in [0, 0.05) is 54.7 Å². The molecule has 6 nitrogen and oxygen atoms in total. The second kappa shape index (κ2) is 12.8. The van der Waals surface area contributed by atoms with E-state index in [1.165, 1.54) is 5.69 Å². The van der Waals surface area contributed by atoms with Gasteiger partial charge in [0.25, 0.3) is 5.91 Å². The Morgan fingerprint density at radius 2 is 1.84 bits per heavy atom. The molecule has 0 unspecified atom stereocenters. The summed E-state index contributed by atoms with van der Waals surface area (Å²) in [6, 6.07) is 15.5. The number of rotatable bonds is 10. The van der Waals surface area contributed by atoms with Gasteiger partial charge in [0.05, 0.1) is 12.7 Å². The van der Waals surface area contributed by atoms with Crippen molar-refractivity contribution in [3.05, 3.63) is 82.6 Å². The molecule has 1 aromatic heterocycles. The molecule has 2 aromatic carbocycles. The van der Waals surface area contributed by atoms with E-state index >= 15 is 0 Å². The lowest BCUT2D eigenvalue weighted by Gasteiger charge is -2.33. The predicted molar refractivity (Wildman–Crippen MR) is 149 cm³/mol. The number of carbonyl (C=O) groups excluding carboxylic acids is 1. The number of anilines is 1. The molecule has 2 heterocycles. The van der Waals surface area contributed by atoms with Gasteiger partial charge in [-0.25, -0.2) is 0 Å². The second-order valence-electron chi connectivity index (χ2n) is 9.87. The molecule has 1 aliphatic rings. The molecule has 0 spiro atoms. The standard InChI is InChI=1S/C30H36ClN3O3/c1-21(2)37-28-7-6-25(19-29(28)36-17-12-24-5-4-22(3)18-27(24)31)30(35)33-20-23-10-15-34(16-11-23)26-8-13-32-14-9-26/h4-9,13-14,18-19,21,23H,10-12,15-17,20H2,1-3H3,(H,33,35). The number of amides is 1. The average molecular weight is 522 g/mol. The summed E-state index contributed by atoms with van der Waals surface area (Å²) in [6.45, 7) is 9.01. The molecule has 1 saturated heterocycles. The number of ether oxygens (including phenoxy) is 2. The fraction of sp³-hybridized carbons (Fsp3) is 0.400. The SMILES string of the molecule is Cc1ccc(CCOc2cc(C(=O)NCC3CCN(c4ccncc4)CC3)ccc2OC(C)C)c(Cl)c1. The number of piperidine rings is 1. The third-order valence-corrected chi connectivity index (χ3v) is 6.95. The number of halogens is 1. The molecule has 7 heteroatoms. The van der Waals surface area contributed by atoms with E-state index in [1.807, 2.05) is 69.6 Å². The molecule has 0 saturated carbocycles. The quantitative estimate of drug-likeness (QED) is 0.349. The van der Waals surface area contributed by atoms with Crippen molar-refractivity contribution in [2.45, 2.75) is 46.1 Å². The zero-order valence-corrected chi connectivity index (χ0v) is 22.6. The van der Waals surface area contributed by atoms with Crippen LogP contribution in [0.2, 0.25) is 5.02 Å². The van der Waals surface area contributed by atoms with Crippen LogP contribution in [0.25, 0.3) is 0 Å². The first-order valence-corrected chi connectivity index (χ1v) is 13.4. The molecular formula is C30H36ClN3O3. The summed E-state index contributed by atoms with van der Waals surface area (Å²) in [5.41, 5.74) is 3.93. The monoisotopic (exact) mass is 521 g/mol. The highest BCUT2D eigenvalue weighted by molar-refractivity contribution is 6.31. The molecule has 1 N–H and O–H groups in total. The average Bonchev–Trinajstić information content (AvgIpc) is 2.90. The van der Waals surface area contributed by atoms with Crippen LogP contribution in [-0.2, 0) is 6.42 Å². The molecular weight excluding hydrogens is 486 g/mol. The Labute approximate surface area is 225 Å². The summed E-state index contributed by atoms with van der Waals surface area (Å²) in [6.07, 6.45) is 6.39.